The first-order chi connectivity index (χ1) is 9.56. The molecule has 0 aromatic heterocycles. The number of para-hydroxylation sites is 1. The van der Waals surface area contributed by atoms with Gasteiger partial charge in [-0.25, -0.2) is 0 Å². The van der Waals surface area contributed by atoms with Gasteiger partial charge in [-0.3, -0.25) is 0 Å². The number of aryl methyl sites for hydroxylation is 1. The van der Waals surface area contributed by atoms with Crippen molar-refractivity contribution in [1.29, 1.82) is 0 Å². The summed E-state index contributed by atoms with van der Waals surface area (Å²) in [5, 5.41) is 4.16. The molecule has 0 heterocycles. The minimum atomic E-state index is 0.171. The van der Waals surface area contributed by atoms with Gasteiger partial charge in [0.2, 0.25) is 0 Å². The van der Waals surface area contributed by atoms with Gasteiger partial charge < -0.3 is 10.1 Å². The van der Waals surface area contributed by atoms with Crippen LogP contribution >= 0.6 is 11.6 Å². The van der Waals surface area contributed by atoms with Crippen LogP contribution in [0.15, 0.2) is 42.5 Å². The molecule has 2 aromatic carbocycles. The minimum Gasteiger partial charge on any atom is -0.491 e. The van der Waals surface area contributed by atoms with Crippen molar-refractivity contribution in [3.63, 3.8) is 0 Å². The lowest BCUT2D eigenvalue weighted by atomic mass is 10.2. The Kier molecular flexibility index (Phi) is 4.91. The Labute approximate surface area is 125 Å². The highest BCUT2D eigenvalue weighted by molar-refractivity contribution is 6.31. The van der Waals surface area contributed by atoms with Crippen molar-refractivity contribution >= 4 is 17.3 Å². The number of nitrogens with one attached hydrogen (secondary N) is 1. The van der Waals surface area contributed by atoms with E-state index in [2.05, 4.69) is 11.4 Å². The fourth-order valence-corrected chi connectivity index (χ4v) is 2.10. The zero-order valence-electron chi connectivity index (χ0n) is 12.1. The van der Waals surface area contributed by atoms with Gasteiger partial charge >= 0.3 is 0 Å². The summed E-state index contributed by atoms with van der Waals surface area (Å²) in [5.41, 5.74) is 3.23. The van der Waals surface area contributed by atoms with Gasteiger partial charge in [-0.2, -0.15) is 0 Å². The fourth-order valence-electron chi connectivity index (χ4n) is 1.92. The lowest BCUT2D eigenvalue weighted by Gasteiger charge is -2.15. The van der Waals surface area contributed by atoms with E-state index < -0.39 is 0 Å². The Morgan fingerprint density at radius 1 is 1.15 bits per heavy atom. The first-order valence-electron chi connectivity index (χ1n) is 6.81. The van der Waals surface area contributed by atoms with E-state index in [1.807, 2.05) is 57.2 Å². The van der Waals surface area contributed by atoms with Crippen molar-refractivity contribution in [2.45, 2.75) is 33.4 Å². The third kappa shape index (κ3) is 3.91. The summed E-state index contributed by atoms with van der Waals surface area (Å²) in [5.74, 6) is 0.924. The first-order valence-corrected chi connectivity index (χ1v) is 7.18. The number of rotatable bonds is 5. The summed E-state index contributed by atoms with van der Waals surface area (Å²) in [6.07, 6.45) is 0.171. The number of benzene rings is 2. The third-order valence-electron chi connectivity index (χ3n) is 2.99. The summed E-state index contributed by atoms with van der Waals surface area (Å²) < 4.78 is 5.81. The predicted octanol–water partition coefficient (Wildman–Crippen LogP) is 5.05. The van der Waals surface area contributed by atoms with Gasteiger partial charge in [0.05, 0.1) is 6.10 Å². The third-order valence-corrected chi connectivity index (χ3v) is 3.40. The predicted molar refractivity (Wildman–Crippen MR) is 85.7 cm³/mol. The molecule has 0 saturated carbocycles. The van der Waals surface area contributed by atoms with E-state index in [-0.39, 0.29) is 6.10 Å². The van der Waals surface area contributed by atoms with Crippen LogP contribution in [0.1, 0.15) is 25.0 Å². The lowest BCUT2D eigenvalue weighted by Crippen LogP contribution is -2.09. The van der Waals surface area contributed by atoms with E-state index in [0.717, 1.165) is 27.6 Å². The summed E-state index contributed by atoms with van der Waals surface area (Å²) in [6, 6.07) is 14.1. The van der Waals surface area contributed by atoms with Gasteiger partial charge in [0.1, 0.15) is 5.75 Å². The van der Waals surface area contributed by atoms with Gasteiger partial charge in [0, 0.05) is 22.8 Å². The molecule has 0 spiro atoms. The van der Waals surface area contributed by atoms with Crippen LogP contribution in [0.2, 0.25) is 5.02 Å². The molecule has 0 amide bonds. The smallest absolute Gasteiger partial charge is 0.124 e. The SMILES string of the molecule is Cc1ccc(NCc2ccccc2OC(C)C)cc1Cl. The van der Waals surface area contributed by atoms with Crippen molar-refractivity contribution in [2.75, 3.05) is 5.32 Å². The second-order valence-corrected chi connectivity index (χ2v) is 5.50. The van der Waals surface area contributed by atoms with Crippen molar-refractivity contribution in [3.8, 4) is 5.75 Å². The molecule has 1 N–H and O–H groups in total. The van der Waals surface area contributed by atoms with Crippen molar-refractivity contribution < 1.29 is 4.74 Å². The van der Waals surface area contributed by atoms with Gasteiger partial charge in [0.15, 0.2) is 0 Å². The second kappa shape index (κ2) is 6.67. The molecule has 0 radical (unpaired) electrons. The summed E-state index contributed by atoms with van der Waals surface area (Å²) >= 11 is 6.13. The maximum Gasteiger partial charge on any atom is 0.124 e. The van der Waals surface area contributed by atoms with Gasteiger partial charge in [-0.15, -0.1) is 0 Å². The zero-order valence-corrected chi connectivity index (χ0v) is 12.9. The Hall–Kier alpha value is -1.67. The highest BCUT2D eigenvalue weighted by atomic mass is 35.5. The highest BCUT2D eigenvalue weighted by Crippen LogP contribution is 2.23. The fraction of sp³-hybridized carbons (Fsp3) is 0.294. The second-order valence-electron chi connectivity index (χ2n) is 5.09. The molecular formula is C17H20ClNO. The standard InChI is InChI=1S/C17H20ClNO/c1-12(2)20-17-7-5-4-6-14(17)11-19-15-9-8-13(3)16(18)10-15/h4-10,12,19H,11H2,1-3H3. The van der Waals surface area contributed by atoms with E-state index >= 15 is 0 Å². The van der Waals surface area contributed by atoms with Crippen LogP contribution in [0.3, 0.4) is 0 Å². The van der Waals surface area contributed by atoms with E-state index in [4.69, 9.17) is 16.3 Å². The first kappa shape index (κ1) is 14.7. The molecule has 20 heavy (non-hydrogen) atoms. The molecule has 0 saturated heterocycles. The lowest BCUT2D eigenvalue weighted by molar-refractivity contribution is 0.240. The summed E-state index contributed by atoms with van der Waals surface area (Å²) in [7, 11) is 0. The van der Waals surface area contributed by atoms with Crippen LogP contribution in [-0.4, -0.2) is 6.10 Å². The van der Waals surface area contributed by atoms with Gasteiger partial charge in [-0.05, 0) is 44.5 Å². The van der Waals surface area contributed by atoms with Gasteiger partial charge in [0.25, 0.3) is 0 Å². The molecule has 2 rings (SSSR count). The number of ether oxygens (including phenoxy) is 1. The Morgan fingerprint density at radius 3 is 2.60 bits per heavy atom. The maximum atomic E-state index is 6.13. The number of hydrogen-bond donors (Lipinski definition) is 1. The monoisotopic (exact) mass is 289 g/mol. The number of anilines is 1. The van der Waals surface area contributed by atoms with Crippen molar-refractivity contribution in [2.24, 2.45) is 0 Å². The summed E-state index contributed by atoms with van der Waals surface area (Å²) in [4.78, 5) is 0. The van der Waals surface area contributed by atoms with Crippen LogP contribution in [0.5, 0.6) is 5.75 Å². The van der Waals surface area contributed by atoms with Crippen LogP contribution in [-0.2, 0) is 6.54 Å². The Morgan fingerprint density at radius 2 is 1.90 bits per heavy atom. The molecule has 0 unspecified atom stereocenters. The molecular weight excluding hydrogens is 270 g/mol. The quantitative estimate of drug-likeness (QED) is 0.832. The molecule has 0 fully saturated rings. The molecule has 3 heteroatoms. The topological polar surface area (TPSA) is 21.3 Å². The van der Waals surface area contributed by atoms with Crippen LogP contribution in [0, 0.1) is 6.92 Å². The van der Waals surface area contributed by atoms with E-state index in [0.29, 0.717) is 6.54 Å². The van der Waals surface area contributed by atoms with Crippen LogP contribution in [0.25, 0.3) is 0 Å². The van der Waals surface area contributed by atoms with Crippen LogP contribution in [0.4, 0.5) is 5.69 Å². The number of halogens is 1. The molecule has 2 aromatic rings. The molecule has 0 aliphatic carbocycles. The molecule has 0 atom stereocenters. The molecule has 0 aliphatic heterocycles. The molecule has 0 aliphatic rings. The average molecular weight is 290 g/mol. The largest absolute Gasteiger partial charge is 0.491 e. The van der Waals surface area contributed by atoms with E-state index in [1.165, 1.54) is 0 Å². The zero-order chi connectivity index (χ0) is 14.5. The van der Waals surface area contributed by atoms with Crippen molar-refractivity contribution in [1.82, 2.24) is 0 Å². The number of hydrogen-bond acceptors (Lipinski definition) is 2. The molecule has 106 valence electrons. The van der Waals surface area contributed by atoms with Crippen LogP contribution < -0.4 is 10.1 Å². The highest BCUT2D eigenvalue weighted by Gasteiger charge is 2.05. The van der Waals surface area contributed by atoms with E-state index in [9.17, 15) is 0 Å². The average Bonchev–Trinajstić information content (AvgIpc) is 2.41. The summed E-state index contributed by atoms with van der Waals surface area (Å²) in [6.45, 7) is 6.77. The Bertz CT molecular complexity index is 581. The van der Waals surface area contributed by atoms with Gasteiger partial charge in [-0.1, -0.05) is 35.9 Å². The maximum absolute atomic E-state index is 6.13. The van der Waals surface area contributed by atoms with Crippen molar-refractivity contribution in [3.05, 3.63) is 58.6 Å². The molecule has 2 nitrogen and oxygen atoms in total. The minimum absolute atomic E-state index is 0.171. The Balaban J connectivity index is 2.08. The van der Waals surface area contributed by atoms with E-state index in [1.54, 1.807) is 0 Å². The molecule has 0 bridgehead atoms. The normalized spacial score (nSPS) is 10.7.